The van der Waals surface area contributed by atoms with Crippen molar-refractivity contribution in [2.24, 2.45) is 5.11 Å². The monoisotopic (exact) mass is 214 g/mol. The van der Waals surface area contributed by atoms with Crippen molar-refractivity contribution >= 4 is 17.7 Å². The summed E-state index contributed by atoms with van der Waals surface area (Å²) in [4.78, 5) is 13.8. The van der Waals surface area contributed by atoms with E-state index in [1.807, 2.05) is 24.3 Å². The lowest BCUT2D eigenvalue weighted by atomic mass is 10.1. The molecular weight excluding hydrogens is 204 g/mol. The molecule has 0 unspecified atom stereocenters. The minimum absolute atomic E-state index is 0.0326. The van der Waals surface area contributed by atoms with Crippen molar-refractivity contribution in [3.8, 4) is 0 Å². The topological polar surface area (TPSA) is 77.9 Å². The summed E-state index contributed by atoms with van der Waals surface area (Å²) in [7, 11) is 0. The fourth-order valence-electron chi connectivity index (χ4n) is 1.61. The van der Waals surface area contributed by atoms with Gasteiger partial charge < -0.3 is 5.32 Å². The number of anilines is 1. The predicted octanol–water partition coefficient (Wildman–Crippen LogP) is 2.50. The van der Waals surface area contributed by atoms with Crippen LogP contribution in [0.15, 0.2) is 29.4 Å². The van der Waals surface area contributed by atoms with Crippen molar-refractivity contribution < 1.29 is 4.79 Å². The number of azide groups is 1. The van der Waals surface area contributed by atoms with Gasteiger partial charge >= 0.3 is 0 Å². The fourth-order valence-corrected chi connectivity index (χ4v) is 1.61. The number of hydrogen-bond acceptors (Lipinski definition) is 2. The fraction of sp³-hybridized carbons (Fsp3) is 0.182. The second kappa shape index (κ2) is 4.51. The molecule has 0 saturated heterocycles. The van der Waals surface area contributed by atoms with Gasteiger partial charge in [0.1, 0.15) is 0 Å². The molecule has 1 amide bonds. The predicted molar refractivity (Wildman–Crippen MR) is 61.8 cm³/mol. The average Bonchev–Trinajstić information content (AvgIpc) is 2.64. The summed E-state index contributed by atoms with van der Waals surface area (Å²) in [6.07, 6.45) is 4.09. The second-order valence-electron chi connectivity index (χ2n) is 3.46. The van der Waals surface area contributed by atoms with Crippen molar-refractivity contribution in [2.45, 2.75) is 6.42 Å². The third kappa shape index (κ3) is 2.21. The minimum Gasteiger partial charge on any atom is -0.326 e. The van der Waals surface area contributed by atoms with E-state index in [4.69, 9.17) is 5.53 Å². The second-order valence-corrected chi connectivity index (χ2v) is 3.46. The van der Waals surface area contributed by atoms with Gasteiger partial charge in [-0.25, -0.2) is 0 Å². The Balaban J connectivity index is 2.13. The zero-order chi connectivity index (χ0) is 11.4. The molecule has 1 aromatic rings. The van der Waals surface area contributed by atoms with Gasteiger partial charge in [-0.2, -0.15) is 0 Å². The molecule has 1 N–H and O–H groups in total. The molecular formula is C11H10N4O. The van der Waals surface area contributed by atoms with Gasteiger partial charge in [0.05, 0.1) is 6.42 Å². The molecule has 1 heterocycles. The largest absolute Gasteiger partial charge is 0.326 e. The Morgan fingerprint density at radius 2 is 2.44 bits per heavy atom. The Bertz CT molecular complexity index is 501. The Morgan fingerprint density at radius 1 is 1.56 bits per heavy atom. The normalized spacial score (nSPS) is 13.4. The van der Waals surface area contributed by atoms with Crippen LogP contribution < -0.4 is 5.32 Å². The highest BCUT2D eigenvalue weighted by Gasteiger charge is 2.16. The maximum Gasteiger partial charge on any atom is 0.228 e. The first kappa shape index (κ1) is 10.3. The maximum atomic E-state index is 11.1. The van der Waals surface area contributed by atoms with Crippen LogP contribution in [0, 0.1) is 0 Å². The van der Waals surface area contributed by atoms with Gasteiger partial charge in [0.15, 0.2) is 0 Å². The van der Waals surface area contributed by atoms with Crippen LogP contribution in [0.1, 0.15) is 11.1 Å². The van der Waals surface area contributed by atoms with Crippen LogP contribution >= 0.6 is 0 Å². The summed E-state index contributed by atoms with van der Waals surface area (Å²) in [6.45, 7) is 0.333. The van der Waals surface area contributed by atoms with Gasteiger partial charge in [0.2, 0.25) is 5.91 Å². The molecule has 1 aliphatic heterocycles. The van der Waals surface area contributed by atoms with Crippen LogP contribution in [0.5, 0.6) is 0 Å². The molecule has 1 aromatic carbocycles. The number of hydrogen-bond donors (Lipinski definition) is 1. The van der Waals surface area contributed by atoms with Gasteiger partial charge in [-0.15, -0.1) is 0 Å². The van der Waals surface area contributed by atoms with E-state index in [1.54, 1.807) is 6.08 Å². The first-order valence-electron chi connectivity index (χ1n) is 4.90. The van der Waals surface area contributed by atoms with Crippen LogP contribution in [0.4, 0.5) is 5.69 Å². The highest BCUT2D eigenvalue weighted by atomic mass is 16.1. The highest BCUT2D eigenvalue weighted by molar-refractivity contribution is 5.99. The van der Waals surface area contributed by atoms with E-state index >= 15 is 0 Å². The summed E-state index contributed by atoms with van der Waals surface area (Å²) in [5.41, 5.74) is 11.0. The van der Waals surface area contributed by atoms with Gasteiger partial charge in [-0.1, -0.05) is 29.4 Å². The summed E-state index contributed by atoms with van der Waals surface area (Å²) in [6, 6.07) is 5.78. The van der Waals surface area contributed by atoms with Crippen LogP contribution in [-0.4, -0.2) is 12.5 Å². The van der Waals surface area contributed by atoms with Gasteiger partial charge in [0.25, 0.3) is 0 Å². The molecule has 0 radical (unpaired) electrons. The summed E-state index contributed by atoms with van der Waals surface area (Å²) in [5, 5.41) is 6.18. The van der Waals surface area contributed by atoms with Crippen LogP contribution in [0.3, 0.4) is 0 Å². The summed E-state index contributed by atoms with van der Waals surface area (Å²) < 4.78 is 0. The Hall–Kier alpha value is -2.26. The molecule has 0 bridgehead atoms. The van der Waals surface area contributed by atoms with E-state index < -0.39 is 0 Å². The first-order chi connectivity index (χ1) is 7.79. The van der Waals surface area contributed by atoms with E-state index in [-0.39, 0.29) is 5.91 Å². The van der Waals surface area contributed by atoms with E-state index in [0.29, 0.717) is 13.0 Å². The van der Waals surface area contributed by atoms with Crippen molar-refractivity contribution in [1.29, 1.82) is 0 Å². The number of fused-ring (bicyclic) bond motifs is 1. The highest BCUT2D eigenvalue weighted by Crippen LogP contribution is 2.24. The third-order valence-corrected chi connectivity index (χ3v) is 2.32. The summed E-state index contributed by atoms with van der Waals surface area (Å²) in [5.74, 6) is 0.0326. The smallest absolute Gasteiger partial charge is 0.228 e. The SMILES string of the molecule is [N-]=[N+]=NCC=Cc1ccc2c(c1)NC(=O)C2. The van der Waals surface area contributed by atoms with Crippen molar-refractivity contribution in [1.82, 2.24) is 0 Å². The van der Waals surface area contributed by atoms with Crippen LogP contribution in [-0.2, 0) is 11.2 Å². The Morgan fingerprint density at radius 3 is 3.25 bits per heavy atom. The number of rotatable bonds is 3. The van der Waals surface area contributed by atoms with E-state index in [9.17, 15) is 4.79 Å². The molecule has 0 aromatic heterocycles. The van der Waals surface area contributed by atoms with E-state index in [0.717, 1.165) is 16.8 Å². The van der Waals surface area contributed by atoms with Crippen LogP contribution in [0.2, 0.25) is 0 Å². The van der Waals surface area contributed by atoms with Crippen molar-refractivity contribution in [3.05, 3.63) is 45.8 Å². The van der Waals surface area contributed by atoms with Crippen molar-refractivity contribution in [2.75, 3.05) is 11.9 Å². The van der Waals surface area contributed by atoms with E-state index in [2.05, 4.69) is 15.3 Å². The molecule has 5 nitrogen and oxygen atoms in total. The number of nitrogens with zero attached hydrogens (tertiary/aromatic N) is 3. The van der Waals surface area contributed by atoms with E-state index in [1.165, 1.54) is 0 Å². The molecule has 0 aliphatic carbocycles. The number of benzene rings is 1. The standard InChI is InChI=1S/C11H10N4O/c12-15-13-5-1-2-8-3-4-9-7-11(16)14-10(9)6-8/h1-4,6H,5,7H2,(H,14,16). The maximum absolute atomic E-state index is 11.1. The lowest BCUT2D eigenvalue weighted by Crippen LogP contribution is -2.03. The number of carbonyl (C=O) groups excluding carboxylic acids is 1. The Kier molecular flexibility index (Phi) is 2.89. The first-order valence-corrected chi connectivity index (χ1v) is 4.90. The van der Waals surface area contributed by atoms with Gasteiger partial charge in [0, 0.05) is 17.1 Å². The van der Waals surface area contributed by atoms with Gasteiger partial charge in [-0.05, 0) is 22.7 Å². The molecule has 0 fully saturated rings. The Labute approximate surface area is 92.4 Å². The molecule has 1 aliphatic rings. The molecule has 16 heavy (non-hydrogen) atoms. The molecule has 80 valence electrons. The minimum atomic E-state index is 0.0326. The molecule has 0 spiro atoms. The zero-order valence-corrected chi connectivity index (χ0v) is 8.55. The molecule has 5 heteroatoms. The van der Waals surface area contributed by atoms with Gasteiger partial charge in [-0.3, -0.25) is 4.79 Å². The van der Waals surface area contributed by atoms with Crippen molar-refractivity contribution in [3.63, 3.8) is 0 Å². The quantitative estimate of drug-likeness (QED) is 0.468. The molecule has 0 saturated carbocycles. The van der Waals surface area contributed by atoms with Crippen LogP contribution in [0.25, 0.3) is 16.5 Å². The number of amides is 1. The summed E-state index contributed by atoms with van der Waals surface area (Å²) >= 11 is 0. The number of carbonyl (C=O) groups is 1. The lowest BCUT2D eigenvalue weighted by molar-refractivity contribution is -0.115. The number of nitrogens with one attached hydrogen (secondary N) is 1. The third-order valence-electron chi connectivity index (χ3n) is 2.32. The molecule has 0 atom stereocenters. The lowest BCUT2D eigenvalue weighted by Gasteiger charge is -1.99. The average molecular weight is 214 g/mol. The zero-order valence-electron chi connectivity index (χ0n) is 8.55. The molecule has 2 rings (SSSR count).